The Morgan fingerprint density at radius 2 is 1.83 bits per heavy atom. The lowest BCUT2D eigenvalue weighted by Gasteiger charge is -2.10. The van der Waals surface area contributed by atoms with E-state index in [1.165, 1.54) is 0 Å². The highest BCUT2D eigenvalue weighted by Crippen LogP contribution is 2.30. The number of hydrogen-bond acceptors (Lipinski definition) is 4. The Balaban J connectivity index is 1.82. The molecule has 0 saturated carbocycles. The van der Waals surface area contributed by atoms with Crippen LogP contribution in [0.2, 0.25) is 0 Å². The highest BCUT2D eigenvalue weighted by molar-refractivity contribution is 7.92. The van der Waals surface area contributed by atoms with Crippen molar-refractivity contribution in [3.8, 4) is 0 Å². The molecule has 0 radical (unpaired) electrons. The fourth-order valence-electron chi connectivity index (χ4n) is 2.90. The third-order valence-electron chi connectivity index (χ3n) is 4.26. The topological polar surface area (TPSA) is 105 Å². The zero-order valence-electron chi connectivity index (χ0n) is 13.2. The standard InChI is InChI=1S/C17H19N3O3S/c1-11-2-6-16(7-3-11)24(22,23)20-15-5-4-12-8-14(17(18)19-21)9-13(12)10-15/h2-7,10,14,20-21H,8-9H2,1H3,(H2,18,19). The van der Waals surface area contributed by atoms with Crippen LogP contribution in [0.3, 0.4) is 0 Å². The monoisotopic (exact) mass is 345 g/mol. The molecule has 0 aliphatic heterocycles. The Labute approximate surface area is 141 Å². The minimum atomic E-state index is -3.62. The molecule has 3 rings (SSSR count). The molecule has 2 aromatic rings. The number of amidine groups is 1. The minimum Gasteiger partial charge on any atom is -0.409 e. The molecule has 1 aliphatic carbocycles. The zero-order valence-corrected chi connectivity index (χ0v) is 14.0. The number of anilines is 1. The van der Waals surface area contributed by atoms with E-state index < -0.39 is 10.0 Å². The van der Waals surface area contributed by atoms with E-state index in [0.29, 0.717) is 18.5 Å². The molecule has 0 amide bonds. The van der Waals surface area contributed by atoms with Gasteiger partial charge in [-0.1, -0.05) is 28.9 Å². The van der Waals surface area contributed by atoms with Crippen molar-refractivity contribution in [2.45, 2.75) is 24.7 Å². The largest absolute Gasteiger partial charge is 0.409 e. The normalized spacial score (nSPS) is 17.5. The van der Waals surface area contributed by atoms with Gasteiger partial charge in [-0.2, -0.15) is 0 Å². The first-order chi connectivity index (χ1) is 11.4. The summed E-state index contributed by atoms with van der Waals surface area (Å²) in [7, 11) is -3.62. The van der Waals surface area contributed by atoms with E-state index in [2.05, 4.69) is 9.88 Å². The average Bonchev–Trinajstić information content (AvgIpc) is 2.97. The average molecular weight is 345 g/mol. The van der Waals surface area contributed by atoms with Crippen LogP contribution >= 0.6 is 0 Å². The smallest absolute Gasteiger partial charge is 0.261 e. The number of nitrogens with zero attached hydrogens (tertiary/aromatic N) is 1. The molecular weight excluding hydrogens is 326 g/mol. The van der Waals surface area contributed by atoms with Gasteiger partial charge in [-0.3, -0.25) is 4.72 Å². The van der Waals surface area contributed by atoms with Gasteiger partial charge in [-0.25, -0.2) is 8.42 Å². The van der Waals surface area contributed by atoms with Gasteiger partial charge < -0.3 is 10.9 Å². The van der Waals surface area contributed by atoms with Gasteiger partial charge in [0, 0.05) is 11.6 Å². The molecule has 24 heavy (non-hydrogen) atoms. The third-order valence-corrected chi connectivity index (χ3v) is 5.65. The fourth-order valence-corrected chi connectivity index (χ4v) is 3.95. The quantitative estimate of drug-likeness (QED) is 0.342. The van der Waals surface area contributed by atoms with Crippen LogP contribution in [0, 0.1) is 12.8 Å². The number of sulfonamides is 1. The van der Waals surface area contributed by atoms with Crippen molar-refractivity contribution in [2.24, 2.45) is 16.8 Å². The Morgan fingerprint density at radius 3 is 2.50 bits per heavy atom. The predicted octanol–water partition coefficient (Wildman–Crippen LogP) is 2.26. The molecule has 126 valence electrons. The van der Waals surface area contributed by atoms with Gasteiger partial charge in [-0.15, -0.1) is 0 Å². The summed E-state index contributed by atoms with van der Waals surface area (Å²) in [4.78, 5) is 0.225. The summed E-state index contributed by atoms with van der Waals surface area (Å²) in [5.41, 5.74) is 9.28. The molecule has 7 heteroatoms. The molecule has 0 aromatic heterocycles. The highest BCUT2D eigenvalue weighted by Gasteiger charge is 2.25. The van der Waals surface area contributed by atoms with Crippen LogP contribution in [0.4, 0.5) is 5.69 Å². The number of rotatable bonds is 4. The summed E-state index contributed by atoms with van der Waals surface area (Å²) in [5, 5.41) is 11.9. The van der Waals surface area contributed by atoms with Crippen molar-refractivity contribution in [1.29, 1.82) is 0 Å². The second kappa shape index (κ2) is 6.16. The van der Waals surface area contributed by atoms with E-state index in [1.54, 1.807) is 30.3 Å². The first-order valence-electron chi connectivity index (χ1n) is 7.58. The van der Waals surface area contributed by atoms with Crippen molar-refractivity contribution in [3.63, 3.8) is 0 Å². The molecule has 1 atom stereocenters. The second-order valence-electron chi connectivity index (χ2n) is 6.03. The molecule has 0 spiro atoms. The van der Waals surface area contributed by atoms with Crippen LogP contribution in [0.5, 0.6) is 0 Å². The number of nitrogens with two attached hydrogens (primary N) is 1. The molecule has 6 nitrogen and oxygen atoms in total. The van der Waals surface area contributed by atoms with E-state index in [-0.39, 0.29) is 16.6 Å². The first-order valence-corrected chi connectivity index (χ1v) is 9.06. The van der Waals surface area contributed by atoms with Gasteiger partial charge in [-0.05, 0) is 55.2 Å². The maximum atomic E-state index is 12.4. The van der Waals surface area contributed by atoms with Crippen molar-refractivity contribution >= 4 is 21.5 Å². The molecular formula is C17H19N3O3S. The Bertz CT molecular complexity index is 890. The first kappa shape index (κ1) is 16.3. The van der Waals surface area contributed by atoms with E-state index in [0.717, 1.165) is 16.7 Å². The lowest BCUT2D eigenvalue weighted by molar-refractivity contribution is 0.314. The van der Waals surface area contributed by atoms with Crippen LogP contribution in [0.25, 0.3) is 0 Å². The Morgan fingerprint density at radius 1 is 1.17 bits per heavy atom. The lowest BCUT2D eigenvalue weighted by Crippen LogP contribution is -2.23. The third kappa shape index (κ3) is 3.21. The SMILES string of the molecule is Cc1ccc(S(=O)(=O)Nc2ccc3c(c2)CC(/C(N)=N/O)C3)cc1. The number of hydrogen-bond donors (Lipinski definition) is 3. The van der Waals surface area contributed by atoms with Crippen LogP contribution < -0.4 is 10.5 Å². The van der Waals surface area contributed by atoms with Crippen LogP contribution in [0.1, 0.15) is 16.7 Å². The molecule has 0 bridgehead atoms. The highest BCUT2D eigenvalue weighted by atomic mass is 32.2. The summed E-state index contributed by atoms with van der Waals surface area (Å²) in [6.45, 7) is 1.90. The Hall–Kier alpha value is -2.54. The minimum absolute atomic E-state index is 0.0473. The van der Waals surface area contributed by atoms with Crippen molar-refractivity contribution in [1.82, 2.24) is 0 Å². The van der Waals surface area contributed by atoms with Gasteiger partial charge in [0.15, 0.2) is 0 Å². The van der Waals surface area contributed by atoms with Crippen LogP contribution in [-0.4, -0.2) is 19.5 Å². The maximum Gasteiger partial charge on any atom is 0.261 e. The molecule has 0 heterocycles. The molecule has 4 N–H and O–H groups in total. The Kier molecular flexibility index (Phi) is 4.19. The van der Waals surface area contributed by atoms with Gasteiger partial charge in [0.25, 0.3) is 10.0 Å². The molecule has 0 saturated heterocycles. The molecule has 1 aliphatic rings. The molecule has 1 unspecified atom stereocenters. The van der Waals surface area contributed by atoms with Crippen LogP contribution in [0.15, 0.2) is 52.5 Å². The van der Waals surface area contributed by atoms with Crippen molar-refractivity contribution < 1.29 is 13.6 Å². The second-order valence-corrected chi connectivity index (χ2v) is 7.71. The summed E-state index contributed by atoms with van der Waals surface area (Å²) < 4.78 is 27.5. The lowest BCUT2D eigenvalue weighted by atomic mass is 10.1. The predicted molar refractivity (Wildman–Crippen MR) is 92.7 cm³/mol. The van der Waals surface area contributed by atoms with Gasteiger partial charge in [0.2, 0.25) is 0 Å². The summed E-state index contributed by atoms with van der Waals surface area (Å²) >= 11 is 0. The number of oxime groups is 1. The van der Waals surface area contributed by atoms with E-state index in [1.807, 2.05) is 19.1 Å². The number of fused-ring (bicyclic) bond motifs is 1. The van der Waals surface area contributed by atoms with E-state index >= 15 is 0 Å². The molecule has 0 fully saturated rings. The molecule has 2 aromatic carbocycles. The van der Waals surface area contributed by atoms with Crippen molar-refractivity contribution in [3.05, 3.63) is 59.2 Å². The maximum absolute atomic E-state index is 12.4. The van der Waals surface area contributed by atoms with E-state index in [9.17, 15) is 8.42 Å². The van der Waals surface area contributed by atoms with Gasteiger partial charge in [0.1, 0.15) is 5.84 Å². The number of aryl methyl sites for hydroxylation is 1. The summed E-state index contributed by atoms with van der Waals surface area (Å²) in [6, 6.07) is 12.1. The number of benzene rings is 2. The fraction of sp³-hybridized carbons (Fsp3) is 0.235. The zero-order chi connectivity index (χ0) is 17.3. The van der Waals surface area contributed by atoms with Gasteiger partial charge >= 0.3 is 0 Å². The van der Waals surface area contributed by atoms with Crippen molar-refractivity contribution in [2.75, 3.05) is 4.72 Å². The van der Waals surface area contributed by atoms with E-state index in [4.69, 9.17) is 10.9 Å². The van der Waals surface area contributed by atoms with Gasteiger partial charge in [0.05, 0.1) is 4.90 Å². The number of nitrogens with one attached hydrogen (secondary N) is 1. The summed E-state index contributed by atoms with van der Waals surface area (Å²) in [6.07, 6.45) is 1.32. The van der Waals surface area contributed by atoms with Crippen LogP contribution in [-0.2, 0) is 22.9 Å². The summed E-state index contributed by atoms with van der Waals surface area (Å²) in [5.74, 6) is 0.155.